The number of nitrogens with zero attached hydrogens (tertiary/aromatic N) is 2. The van der Waals surface area contributed by atoms with E-state index in [4.69, 9.17) is 0 Å². The summed E-state index contributed by atoms with van der Waals surface area (Å²) < 4.78 is 13.4. The minimum atomic E-state index is -0.460. The van der Waals surface area contributed by atoms with Gasteiger partial charge in [-0.1, -0.05) is 29.8 Å². The zero-order valence-electron chi connectivity index (χ0n) is 13.8. The number of aryl methyl sites for hydroxylation is 1. The first-order valence-electron chi connectivity index (χ1n) is 7.93. The Balaban J connectivity index is 1.75. The van der Waals surface area contributed by atoms with Crippen LogP contribution >= 0.6 is 0 Å². The molecule has 6 heteroatoms. The average Bonchev–Trinajstić information content (AvgIpc) is 2.62. The molecule has 3 rings (SSSR count). The first-order valence-corrected chi connectivity index (χ1v) is 7.93. The molecule has 0 amide bonds. The van der Waals surface area contributed by atoms with Crippen LogP contribution in [0, 0.1) is 12.7 Å². The summed E-state index contributed by atoms with van der Waals surface area (Å²) in [6, 6.07) is 15.2. The lowest BCUT2D eigenvalue weighted by atomic mass is 10.1. The van der Waals surface area contributed by atoms with Crippen molar-refractivity contribution in [3.63, 3.8) is 0 Å². The van der Waals surface area contributed by atoms with E-state index in [0.717, 1.165) is 5.69 Å². The van der Waals surface area contributed by atoms with Crippen molar-refractivity contribution >= 4 is 17.5 Å². The molecule has 25 heavy (non-hydrogen) atoms. The average molecular weight is 338 g/mol. The van der Waals surface area contributed by atoms with Crippen molar-refractivity contribution in [2.45, 2.75) is 13.0 Å². The van der Waals surface area contributed by atoms with E-state index in [1.807, 2.05) is 31.2 Å². The van der Waals surface area contributed by atoms with Gasteiger partial charge < -0.3 is 15.7 Å². The maximum absolute atomic E-state index is 13.4. The minimum Gasteiger partial charge on any atom is -0.394 e. The number of rotatable bonds is 6. The number of aromatic nitrogens is 2. The van der Waals surface area contributed by atoms with Crippen LogP contribution in [0.3, 0.4) is 0 Å². The van der Waals surface area contributed by atoms with Gasteiger partial charge in [-0.3, -0.25) is 0 Å². The Morgan fingerprint density at radius 2 is 1.92 bits per heavy atom. The van der Waals surface area contributed by atoms with Gasteiger partial charge in [0.25, 0.3) is 0 Å². The van der Waals surface area contributed by atoms with Crippen LogP contribution in [0.4, 0.5) is 21.8 Å². The number of hydrogen-bond donors (Lipinski definition) is 3. The maximum atomic E-state index is 13.4. The van der Waals surface area contributed by atoms with Gasteiger partial charge in [-0.25, -0.2) is 9.37 Å². The van der Waals surface area contributed by atoms with Crippen molar-refractivity contribution in [1.82, 2.24) is 9.97 Å². The summed E-state index contributed by atoms with van der Waals surface area (Å²) in [6.07, 6.45) is 1.62. The van der Waals surface area contributed by atoms with Gasteiger partial charge in [-0.05, 0) is 42.8 Å². The number of anilines is 3. The van der Waals surface area contributed by atoms with Crippen molar-refractivity contribution in [2.24, 2.45) is 0 Å². The Kier molecular flexibility index (Phi) is 5.20. The predicted molar refractivity (Wildman–Crippen MR) is 96.3 cm³/mol. The highest BCUT2D eigenvalue weighted by molar-refractivity contribution is 5.55. The molecule has 0 radical (unpaired) electrons. The van der Waals surface area contributed by atoms with Crippen LogP contribution in [-0.4, -0.2) is 21.7 Å². The zero-order valence-corrected chi connectivity index (χ0v) is 13.8. The Morgan fingerprint density at radius 1 is 1.12 bits per heavy atom. The second kappa shape index (κ2) is 7.72. The SMILES string of the molecule is Cc1ccc(Nc2nccc(NC(CO)c3cccc(F)c3)n2)cc1. The van der Waals surface area contributed by atoms with E-state index >= 15 is 0 Å². The molecule has 0 saturated carbocycles. The molecule has 0 spiro atoms. The molecule has 0 aliphatic rings. The predicted octanol–water partition coefficient (Wildman–Crippen LogP) is 3.81. The van der Waals surface area contributed by atoms with Gasteiger partial charge in [-0.15, -0.1) is 0 Å². The van der Waals surface area contributed by atoms with Crippen LogP contribution in [-0.2, 0) is 0 Å². The third-order valence-corrected chi connectivity index (χ3v) is 3.72. The van der Waals surface area contributed by atoms with Gasteiger partial charge in [-0.2, -0.15) is 4.98 Å². The number of aliphatic hydroxyl groups excluding tert-OH is 1. The molecular formula is C19H19FN4O. The highest BCUT2D eigenvalue weighted by Gasteiger charge is 2.12. The van der Waals surface area contributed by atoms with Crippen LogP contribution in [0.2, 0.25) is 0 Å². The van der Waals surface area contributed by atoms with Gasteiger partial charge in [0.05, 0.1) is 12.6 Å². The monoisotopic (exact) mass is 338 g/mol. The topological polar surface area (TPSA) is 70.1 Å². The first kappa shape index (κ1) is 16.9. The summed E-state index contributed by atoms with van der Waals surface area (Å²) in [6.45, 7) is 1.83. The second-order valence-electron chi connectivity index (χ2n) is 5.69. The van der Waals surface area contributed by atoms with E-state index in [9.17, 15) is 9.50 Å². The normalized spacial score (nSPS) is 11.8. The first-order chi connectivity index (χ1) is 12.1. The number of nitrogens with one attached hydrogen (secondary N) is 2. The maximum Gasteiger partial charge on any atom is 0.229 e. The number of halogens is 1. The van der Waals surface area contributed by atoms with Crippen LogP contribution in [0.15, 0.2) is 60.8 Å². The smallest absolute Gasteiger partial charge is 0.229 e. The van der Waals surface area contributed by atoms with Crippen molar-refractivity contribution in [2.75, 3.05) is 17.2 Å². The highest BCUT2D eigenvalue weighted by atomic mass is 19.1. The molecule has 1 unspecified atom stereocenters. The molecule has 1 aromatic heterocycles. The Bertz CT molecular complexity index is 839. The molecule has 128 valence electrons. The van der Waals surface area contributed by atoms with Gasteiger partial charge in [0.1, 0.15) is 11.6 Å². The molecule has 2 aromatic carbocycles. The van der Waals surface area contributed by atoms with E-state index in [1.165, 1.54) is 17.7 Å². The summed E-state index contributed by atoms with van der Waals surface area (Å²) in [5, 5.41) is 15.8. The second-order valence-corrected chi connectivity index (χ2v) is 5.69. The fraction of sp³-hybridized carbons (Fsp3) is 0.158. The van der Waals surface area contributed by atoms with Gasteiger partial charge in [0.15, 0.2) is 0 Å². The lowest BCUT2D eigenvalue weighted by Gasteiger charge is -2.17. The standard InChI is InChI=1S/C19H19FN4O/c1-13-5-7-16(8-6-13)22-19-21-10-9-18(24-19)23-17(12-25)14-3-2-4-15(20)11-14/h2-11,17,25H,12H2,1H3,(H2,21,22,23,24). The van der Waals surface area contributed by atoms with Crippen LogP contribution in [0.5, 0.6) is 0 Å². The molecule has 0 bridgehead atoms. The Morgan fingerprint density at radius 3 is 2.64 bits per heavy atom. The summed E-state index contributed by atoms with van der Waals surface area (Å²) in [5.74, 6) is 0.625. The lowest BCUT2D eigenvalue weighted by Crippen LogP contribution is -2.16. The van der Waals surface area contributed by atoms with E-state index in [0.29, 0.717) is 17.3 Å². The quantitative estimate of drug-likeness (QED) is 0.637. The fourth-order valence-corrected chi connectivity index (χ4v) is 2.40. The molecule has 3 aromatic rings. The summed E-state index contributed by atoms with van der Waals surface area (Å²) >= 11 is 0. The van der Waals surface area contributed by atoms with E-state index in [-0.39, 0.29) is 12.4 Å². The molecule has 0 fully saturated rings. The fourth-order valence-electron chi connectivity index (χ4n) is 2.40. The number of hydrogen-bond acceptors (Lipinski definition) is 5. The summed E-state index contributed by atoms with van der Waals surface area (Å²) in [4.78, 5) is 8.58. The van der Waals surface area contributed by atoms with Crippen molar-refractivity contribution in [3.05, 3.63) is 77.7 Å². The number of benzene rings is 2. The van der Waals surface area contributed by atoms with Crippen molar-refractivity contribution in [1.29, 1.82) is 0 Å². The van der Waals surface area contributed by atoms with E-state index in [2.05, 4.69) is 20.6 Å². The molecule has 5 nitrogen and oxygen atoms in total. The third-order valence-electron chi connectivity index (χ3n) is 3.72. The number of aliphatic hydroxyl groups is 1. The van der Waals surface area contributed by atoms with Gasteiger partial charge in [0.2, 0.25) is 5.95 Å². The van der Waals surface area contributed by atoms with E-state index < -0.39 is 6.04 Å². The van der Waals surface area contributed by atoms with Crippen LogP contribution in [0.1, 0.15) is 17.2 Å². The van der Waals surface area contributed by atoms with Gasteiger partial charge >= 0.3 is 0 Å². The highest BCUT2D eigenvalue weighted by Crippen LogP contribution is 2.20. The zero-order chi connectivity index (χ0) is 17.6. The van der Waals surface area contributed by atoms with Crippen LogP contribution in [0.25, 0.3) is 0 Å². The molecule has 1 atom stereocenters. The summed E-state index contributed by atoms with van der Waals surface area (Å²) in [7, 11) is 0. The molecule has 0 aliphatic carbocycles. The molecular weight excluding hydrogens is 319 g/mol. The Labute approximate surface area is 145 Å². The largest absolute Gasteiger partial charge is 0.394 e. The Hall–Kier alpha value is -2.99. The van der Waals surface area contributed by atoms with Gasteiger partial charge in [0, 0.05) is 11.9 Å². The minimum absolute atomic E-state index is 0.186. The molecule has 0 saturated heterocycles. The molecule has 1 heterocycles. The van der Waals surface area contributed by atoms with Crippen molar-refractivity contribution < 1.29 is 9.50 Å². The summed E-state index contributed by atoms with van der Waals surface area (Å²) in [5.41, 5.74) is 2.70. The third kappa shape index (κ3) is 4.51. The lowest BCUT2D eigenvalue weighted by molar-refractivity contribution is 0.276. The van der Waals surface area contributed by atoms with Crippen molar-refractivity contribution in [3.8, 4) is 0 Å². The molecule has 0 aliphatic heterocycles. The molecule has 3 N–H and O–H groups in total. The van der Waals surface area contributed by atoms with E-state index in [1.54, 1.807) is 24.4 Å². The van der Waals surface area contributed by atoms with Crippen LogP contribution < -0.4 is 10.6 Å².